The SMILES string of the molecule is CC(=O)O[C@@H]1[C@H](O)[C@@H](CO)O[C@H]1n1c(Cl)nc2c(Cl)ncnc21. The summed E-state index contributed by atoms with van der Waals surface area (Å²) in [6.07, 6.45) is -3.08. The third-order valence-electron chi connectivity index (χ3n) is 3.44. The van der Waals surface area contributed by atoms with Crippen LogP contribution in [0, 0.1) is 0 Å². The number of fused-ring (bicyclic) bond motifs is 1. The molecular formula is C12H12Cl2N4O5. The molecule has 0 spiro atoms. The first-order valence-corrected chi connectivity index (χ1v) is 7.35. The van der Waals surface area contributed by atoms with Crippen LogP contribution in [-0.2, 0) is 14.3 Å². The van der Waals surface area contributed by atoms with Crippen molar-refractivity contribution < 1.29 is 24.5 Å². The van der Waals surface area contributed by atoms with Gasteiger partial charge in [-0.05, 0) is 11.6 Å². The highest BCUT2D eigenvalue weighted by molar-refractivity contribution is 6.34. The minimum Gasteiger partial charge on any atom is -0.455 e. The lowest BCUT2D eigenvalue weighted by atomic mass is 10.1. The minimum atomic E-state index is -1.24. The number of aliphatic hydroxyl groups excluding tert-OH is 2. The van der Waals surface area contributed by atoms with E-state index < -0.39 is 37.1 Å². The van der Waals surface area contributed by atoms with E-state index in [2.05, 4.69) is 15.0 Å². The number of hydrogen-bond acceptors (Lipinski definition) is 8. The predicted octanol–water partition coefficient (Wildman–Crippen LogP) is 0.315. The van der Waals surface area contributed by atoms with Crippen molar-refractivity contribution in [3.63, 3.8) is 0 Å². The van der Waals surface area contributed by atoms with Crippen molar-refractivity contribution >= 4 is 40.3 Å². The summed E-state index contributed by atoms with van der Waals surface area (Å²) in [6, 6.07) is 0. The topological polar surface area (TPSA) is 120 Å². The fraction of sp³-hybridized carbons (Fsp3) is 0.500. The number of imidazole rings is 1. The maximum absolute atomic E-state index is 11.3. The summed E-state index contributed by atoms with van der Waals surface area (Å²) in [6.45, 7) is 0.734. The van der Waals surface area contributed by atoms with Crippen LogP contribution in [0.2, 0.25) is 10.4 Å². The largest absolute Gasteiger partial charge is 0.455 e. The molecule has 0 amide bonds. The maximum Gasteiger partial charge on any atom is 0.303 e. The molecule has 0 unspecified atom stereocenters. The molecule has 2 aromatic rings. The number of halogens is 2. The Balaban J connectivity index is 2.10. The highest BCUT2D eigenvalue weighted by atomic mass is 35.5. The Morgan fingerprint density at radius 3 is 2.87 bits per heavy atom. The van der Waals surface area contributed by atoms with Crippen molar-refractivity contribution in [2.24, 2.45) is 0 Å². The second kappa shape index (κ2) is 6.17. The zero-order valence-electron chi connectivity index (χ0n) is 11.8. The summed E-state index contributed by atoms with van der Waals surface area (Å²) in [5.41, 5.74) is 0.495. The zero-order valence-corrected chi connectivity index (χ0v) is 13.3. The highest BCUT2D eigenvalue weighted by Crippen LogP contribution is 2.36. The van der Waals surface area contributed by atoms with E-state index in [1.807, 2.05) is 0 Å². The number of esters is 1. The van der Waals surface area contributed by atoms with E-state index in [0.29, 0.717) is 0 Å². The molecule has 23 heavy (non-hydrogen) atoms. The normalized spacial score (nSPS) is 27.5. The Morgan fingerprint density at radius 1 is 1.48 bits per heavy atom. The molecule has 3 heterocycles. The van der Waals surface area contributed by atoms with Crippen LogP contribution in [0.15, 0.2) is 6.33 Å². The molecule has 2 aromatic heterocycles. The summed E-state index contributed by atoms with van der Waals surface area (Å²) in [4.78, 5) is 23.2. The second-order valence-corrected chi connectivity index (χ2v) is 5.60. The van der Waals surface area contributed by atoms with Gasteiger partial charge in [-0.3, -0.25) is 9.36 Å². The Bertz CT molecular complexity index is 754. The second-order valence-electron chi connectivity index (χ2n) is 4.90. The van der Waals surface area contributed by atoms with Gasteiger partial charge in [0.1, 0.15) is 24.1 Å². The van der Waals surface area contributed by atoms with Crippen molar-refractivity contribution in [1.82, 2.24) is 19.5 Å². The molecule has 0 aliphatic carbocycles. The molecule has 2 N–H and O–H groups in total. The summed E-state index contributed by atoms with van der Waals surface area (Å²) in [5, 5.41) is 19.5. The van der Waals surface area contributed by atoms with Gasteiger partial charge in [0, 0.05) is 6.92 Å². The number of carbonyl (C=O) groups excluding carboxylic acids is 1. The van der Waals surface area contributed by atoms with Crippen LogP contribution in [0.5, 0.6) is 0 Å². The van der Waals surface area contributed by atoms with Gasteiger partial charge in [0.15, 0.2) is 23.1 Å². The van der Waals surface area contributed by atoms with E-state index >= 15 is 0 Å². The third kappa shape index (κ3) is 2.74. The number of hydrogen-bond donors (Lipinski definition) is 2. The van der Waals surface area contributed by atoms with Gasteiger partial charge in [0.2, 0.25) is 5.28 Å². The highest BCUT2D eigenvalue weighted by Gasteiger charge is 2.48. The summed E-state index contributed by atoms with van der Waals surface area (Å²) in [7, 11) is 0. The van der Waals surface area contributed by atoms with Crippen molar-refractivity contribution in [2.75, 3.05) is 6.61 Å². The lowest BCUT2D eigenvalue weighted by Crippen LogP contribution is -2.36. The molecule has 4 atom stereocenters. The molecule has 1 saturated heterocycles. The summed E-state index contributed by atoms with van der Waals surface area (Å²) >= 11 is 12.1. The molecule has 0 aromatic carbocycles. The van der Waals surface area contributed by atoms with Gasteiger partial charge in [-0.15, -0.1) is 0 Å². The number of aromatic nitrogens is 4. The third-order valence-corrected chi connectivity index (χ3v) is 3.98. The van der Waals surface area contributed by atoms with Crippen LogP contribution < -0.4 is 0 Å². The van der Waals surface area contributed by atoms with E-state index in [4.69, 9.17) is 32.7 Å². The monoisotopic (exact) mass is 362 g/mol. The van der Waals surface area contributed by atoms with Crippen molar-refractivity contribution in [1.29, 1.82) is 0 Å². The first kappa shape index (κ1) is 16.3. The lowest BCUT2D eigenvalue weighted by Gasteiger charge is -2.21. The van der Waals surface area contributed by atoms with Gasteiger partial charge in [0.05, 0.1) is 6.61 Å². The molecule has 9 nitrogen and oxygen atoms in total. The number of ether oxygens (including phenoxy) is 2. The van der Waals surface area contributed by atoms with Crippen LogP contribution >= 0.6 is 23.2 Å². The van der Waals surface area contributed by atoms with Crippen molar-refractivity contribution in [2.45, 2.75) is 31.5 Å². The quantitative estimate of drug-likeness (QED) is 0.454. The van der Waals surface area contributed by atoms with E-state index in [1.54, 1.807) is 0 Å². The molecule has 3 rings (SSSR count). The van der Waals surface area contributed by atoms with Gasteiger partial charge >= 0.3 is 5.97 Å². The predicted molar refractivity (Wildman–Crippen MR) is 77.9 cm³/mol. The van der Waals surface area contributed by atoms with Gasteiger partial charge in [-0.25, -0.2) is 15.0 Å². The van der Waals surface area contributed by atoms with Crippen molar-refractivity contribution in [3.8, 4) is 0 Å². The minimum absolute atomic E-state index is 0.0321. The standard InChI is InChI=1S/C12H12Cl2N4O5/c1-4(20)22-8-7(21)5(2-19)23-11(8)18-10-6(17-12(18)14)9(13)15-3-16-10/h3,5,7-8,11,19,21H,2H2,1H3/t5-,7-,8-,11-/m1/s1. The Labute approximate surface area is 139 Å². The van der Waals surface area contributed by atoms with Gasteiger partial charge < -0.3 is 19.7 Å². The van der Waals surface area contributed by atoms with E-state index in [1.165, 1.54) is 17.8 Å². The number of carbonyl (C=O) groups is 1. The zero-order chi connectivity index (χ0) is 16.7. The molecule has 124 valence electrons. The fourth-order valence-electron chi connectivity index (χ4n) is 2.48. The first-order chi connectivity index (χ1) is 10.9. The summed E-state index contributed by atoms with van der Waals surface area (Å²) < 4.78 is 12.0. The van der Waals surface area contributed by atoms with Crippen LogP contribution in [0.25, 0.3) is 11.2 Å². The first-order valence-electron chi connectivity index (χ1n) is 6.59. The molecule has 1 aliphatic heterocycles. The van der Waals surface area contributed by atoms with Gasteiger partial charge in [-0.1, -0.05) is 11.6 Å². The molecule has 0 radical (unpaired) electrons. The molecule has 0 saturated carbocycles. The van der Waals surface area contributed by atoms with E-state index in [0.717, 1.165) is 0 Å². The van der Waals surface area contributed by atoms with E-state index in [-0.39, 0.29) is 21.6 Å². The Hall–Kier alpha value is -1.52. The van der Waals surface area contributed by atoms with Gasteiger partial charge in [-0.2, -0.15) is 0 Å². The van der Waals surface area contributed by atoms with Crippen LogP contribution in [0.4, 0.5) is 0 Å². The smallest absolute Gasteiger partial charge is 0.303 e. The number of nitrogens with zero attached hydrogens (tertiary/aromatic N) is 4. The molecule has 0 bridgehead atoms. The van der Waals surface area contributed by atoms with Crippen LogP contribution in [-0.4, -0.2) is 60.6 Å². The molecule has 1 aliphatic rings. The van der Waals surface area contributed by atoms with Crippen molar-refractivity contribution in [3.05, 3.63) is 16.8 Å². The molecular weight excluding hydrogens is 351 g/mol. The average Bonchev–Trinajstić information content (AvgIpc) is 2.98. The van der Waals surface area contributed by atoms with Crippen LogP contribution in [0.1, 0.15) is 13.2 Å². The lowest BCUT2D eigenvalue weighted by molar-refractivity contribution is -0.155. The Kier molecular flexibility index (Phi) is 4.39. The number of aliphatic hydroxyl groups is 2. The van der Waals surface area contributed by atoms with Gasteiger partial charge in [0.25, 0.3) is 0 Å². The maximum atomic E-state index is 11.3. The Morgan fingerprint density at radius 2 is 2.22 bits per heavy atom. The summed E-state index contributed by atoms with van der Waals surface area (Å²) in [5.74, 6) is -0.616. The van der Waals surface area contributed by atoms with Crippen LogP contribution in [0.3, 0.4) is 0 Å². The average molecular weight is 363 g/mol. The number of rotatable bonds is 3. The fourth-order valence-corrected chi connectivity index (χ4v) is 2.91. The van der Waals surface area contributed by atoms with E-state index in [9.17, 15) is 15.0 Å². The molecule has 11 heteroatoms. The molecule has 1 fully saturated rings.